The number of nitrogens with zero attached hydrogens (tertiary/aromatic N) is 1. The average molecular weight is 389 g/mol. The van der Waals surface area contributed by atoms with E-state index >= 15 is 0 Å². The third kappa shape index (κ3) is 2.37. The average Bonchev–Trinajstić information content (AvgIpc) is 3.34. The molecule has 2 heteroatoms. The highest BCUT2D eigenvalue weighted by molar-refractivity contribution is 6.12. The van der Waals surface area contributed by atoms with E-state index in [0.717, 1.165) is 23.2 Å². The molecule has 4 aromatic carbocycles. The molecule has 2 heterocycles. The molecule has 6 aromatic rings. The number of hydrogen-bond donors (Lipinski definition) is 0. The highest BCUT2D eigenvalue weighted by Crippen LogP contribution is 2.39. The zero-order valence-corrected chi connectivity index (χ0v) is 17.2. The zero-order valence-electron chi connectivity index (χ0n) is 17.2. The molecule has 0 N–H and O–H groups in total. The van der Waals surface area contributed by atoms with Crippen LogP contribution in [0.2, 0.25) is 0 Å². The summed E-state index contributed by atoms with van der Waals surface area (Å²) in [5, 5.41) is 4.96. The molecule has 0 spiro atoms. The first kappa shape index (κ1) is 17.3. The highest BCUT2D eigenvalue weighted by atomic mass is 16.3. The van der Waals surface area contributed by atoms with E-state index in [1.807, 2.05) is 12.1 Å². The molecule has 146 valence electrons. The van der Waals surface area contributed by atoms with Crippen LogP contribution in [0.3, 0.4) is 0 Å². The Morgan fingerprint density at radius 2 is 1.47 bits per heavy atom. The van der Waals surface area contributed by atoms with Crippen LogP contribution in [0.15, 0.2) is 89.3 Å². The summed E-state index contributed by atoms with van der Waals surface area (Å²) in [6.45, 7) is 4.55. The molecular formula is C28H23NO. The molecule has 6 rings (SSSR count). The number of aromatic nitrogens is 1. The van der Waals surface area contributed by atoms with Crippen molar-refractivity contribution >= 4 is 43.7 Å². The lowest BCUT2D eigenvalue weighted by molar-refractivity contribution is 0.563. The first-order valence-electron chi connectivity index (χ1n) is 10.7. The highest BCUT2D eigenvalue weighted by Gasteiger charge is 2.16. The molecule has 0 fully saturated rings. The van der Waals surface area contributed by atoms with Crippen molar-refractivity contribution in [2.75, 3.05) is 0 Å². The first-order valence-corrected chi connectivity index (χ1v) is 10.7. The number of furan rings is 1. The maximum absolute atomic E-state index is 6.29. The van der Waals surface area contributed by atoms with Gasteiger partial charge in [-0.1, -0.05) is 67.6 Å². The fourth-order valence-corrected chi connectivity index (χ4v) is 4.80. The molecule has 0 aliphatic heterocycles. The summed E-state index contributed by atoms with van der Waals surface area (Å²) in [5.41, 5.74) is 6.84. The van der Waals surface area contributed by atoms with E-state index in [1.165, 1.54) is 38.1 Å². The van der Waals surface area contributed by atoms with E-state index in [9.17, 15) is 0 Å². The van der Waals surface area contributed by atoms with Gasteiger partial charge >= 0.3 is 0 Å². The smallest absolute Gasteiger partial charge is 0.143 e. The summed E-state index contributed by atoms with van der Waals surface area (Å²) in [5.74, 6) is 0. The first-order chi connectivity index (χ1) is 14.8. The Bertz CT molecular complexity index is 1550. The van der Waals surface area contributed by atoms with E-state index in [1.54, 1.807) is 0 Å². The second-order valence-corrected chi connectivity index (χ2v) is 8.16. The molecule has 0 amide bonds. The van der Waals surface area contributed by atoms with Gasteiger partial charge in [-0.15, -0.1) is 0 Å². The van der Waals surface area contributed by atoms with Crippen LogP contribution in [0.4, 0.5) is 0 Å². The van der Waals surface area contributed by atoms with Crippen molar-refractivity contribution in [1.82, 2.24) is 4.57 Å². The predicted octanol–water partition coefficient (Wildman–Crippen LogP) is 8.33. The minimum Gasteiger partial charge on any atom is -0.455 e. The van der Waals surface area contributed by atoms with Crippen LogP contribution in [0, 0.1) is 0 Å². The Labute approximate surface area is 175 Å². The van der Waals surface area contributed by atoms with E-state index < -0.39 is 0 Å². The van der Waals surface area contributed by atoms with Crippen LogP contribution < -0.4 is 0 Å². The maximum atomic E-state index is 6.29. The van der Waals surface area contributed by atoms with Gasteiger partial charge in [-0.2, -0.15) is 0 Å². The Morgan fingerprint density at radius 3 is 2.33 bits per heavy atom. The summed E-state index contributed by atoms with van der Waals surface area (Å²) < 4.78 is 8.78. The second kappa shape index (κ2) is 6.50. The molecule has 0 bridgehead atoms. The van der Waals surface area contributed by atoms with Gasteiger partial charge < -0.3 is 8.98 Å². The third-order valence-corrected chi connectivity index (χ3v) is 6.46. The summed E-state index contributed by atoms with van der Waals surface area (Å²) in [6, 6.07) is 30.8. The topological polar surface area (TPSA) is 18.1 Å². The summed E-state index contributed by atoms with van der Waals surface area (Å²) in [7, 11) is 0. The molecule has 0 saturated heterocycles. The SMILES string of the molecule is CCC(C)n1c2ccccc2c2cc(-c3cccc4c3oc3ccccc34)ccc21. The lowest BCUT2D eigenvalue weighted by Crippen LogP contribution is -2.02. The van der Waals surface area contributed by atoms with Gasteiger partial charge in [0.2, 0.25) is 0 Å². The number of fused-ring (bicyclic) bond motifs is 6. The van der Waals surface area contributed by atoms with Crippen molar-refractivity contribution in [2.45, 2.75) is 26.3 Å². The van der Waals surface area contributed by atoms with Gasteiger partial charge in [0.05, 0.1) is 0 Å². The van der Waals surface area contributed by atoms with Gasteiger partial charge in [0, 0.05) is 44.2 Å². The lowest BCUT2D eigenvalue weighted by atomic mass is 10.0. The Hall–Kier alpha value is -3.52. The van der Waals surface area contributed by atoms with Crippen LogP contribution in [-0.2, 0) is 0 Å². The van der Waals surface area contributed by atoms with Crippen molar-refractivity contribution < 1.29 is 4.42 Å². The van der Waals surface area contributed by atoms with Gasteiger partial charge in [0.15, 0.2) is 0 Å². The molecule has 0 radical (unpaired) electrons. The van der Waals surface area contributed by atoms with Crippen molar-refractivity contribution in [3.05, 3.63) is 84.9 Å². The molecule has 0 aliphatic rings. The van der Waals surface area contributed by atoms with E-state index in [0.29, 0.717) is 6.04 Å². The quantitative estimate of drug-likeness (QED) is 0.297. The summed E-state index contributed by atoms with van der Waals surface area (Å²) >= 11 is 0. The fraction of sp³-hybridized carbons (Fsp3) is 0.143. The van der Waals surface area contributed by atoms with Gasteiger partial charge in [-0.05, 0) is 43.2 Å². The zero-order chi connectivity index (χ0) is 20.2. The van der Waals surface area contributed by atoms with E-state index in [-0.39, 0.29) is 0 Å². The Kier molecular flexibility index (Phi) is 3.76. The maximum Gasteiger partial charge on any atom is 0.143 e. The molecule has 1 unspecified atom stereocenters. The number of hydrogen-bond acceptors (Lipinski definition) is 1. The summed E-state index contributed by atoms with van der Waals surface area (Å²) in [6.07, 6.45) is 1.10. The number of para-hydroxylation sites is 3. The largest absolute Gasteiger partial charge is 0.455 e. The second-order valence-electron chi connectivity index (χ2n) is 8.16. The lowest BCUT2D eigenvalue weighted by Gasteiger charge is -2.14. The van der Waals surface area contributed by atoms with Crippen LogP contribution in [0.1, 0.15) is 26.3 Å². The molecule has 30 heavy (non-hydrogen) atoms. The summed E-state index contributed by atoms with van der Waals surface area (Å²) in [4.78, 5) is 0. The number of rotatable bonds is 3. The predicted molar refractivity (Wildman–Crippen MR) is 127 cm³/mol. The Morgan fingerprint density at radius 1 is 0.733 bits per heavy atom. The van der Waals surface area contributed by atoms with Gasteiger partial charge in [-0.3, -0.25) is 0 Å². The van der Waals surface area contributed by atoms with Crippen molar-refractivity contribution in [3.63, 3.8) is 0 Å². The number of benzene rings is 4. The minimum absolute atomic E-state index is 0.456. The van der Waals surface area contributed by atoms with Crippen molar-refractivity contribution in [2.24, 2.45) is 0 Å². The molecule has 0 saturated carbocycles. The molecule has 0 aliphatic carbocycles. The third-order valence-electron chi connectivity index (χ3n) is 6.46. The molecule has 1 atom stereocenters. The normalized spacial score (nSPS) is 13.0. The van der Waals surface area contributed by atoms with Gasteiger partial charge in [-0.25, -0.2) is 0 Å². The van der Waals surface area contributed by atoms with Crippen LogP contribution in [-0.4, -0.2) is 4.57 Å². The van der Waals surface area contributed by atoms with Crippen LogP contribution in [0.5, 0.6) is 0 Å². The van der Waals surface area contributed by atoms with Gasteiger partial charge in [0.1, 0.15) is 11.2 Å². The minimum atomic E-state index is 0.456. The molecular weight excluding hydrogens is 366 g/mol. The van der Waals surface area contributed by atoms with Crippen LogP contribution >= 0.6 is 0 Å². The molecule has 2 aromatic heterocycles. The van der Waals surface area contributed by atoms with E-state index in [4.69, 9.17) is 4.42 Å². The standard InChI is InChI=1S/C28H23NO/c1-3-18(2)29-25-13-6-4-9-21(25)24-17-19(15-16-26(24)29)20-11-8-12-23-22-10-5-7-14-27(22)30-28(20)23/h4-18H,3H2,1-2H3. The van der Waals surface area contributed by atoms with Gasteiger partial charge in [0.25, 0.3) is 0 Å². The monoisotopic (exact) mass is 389 g/mol. The van der Waals surface area contributed by atoms with Crippen LogP contribution in [0.25, 0.3) is 54.9 Å². The van der Waals surface area contributed by atoms with Crippen molar-refractivity contribution in [1.29, 1.82) is 0 Å². The van der Waals surface area contributed by atoms with E-state index in [2.05, 4.69) is 91.2 Å². The molecule has 2 nitrogen and oxygen atoms in total. The van der Waals surface area contributed by atoms with Crippen molar-refractivity contribution in [3.8, 4) is 11.1 Å². The fourth-order valence-electron chi connectivity index (χ4n) is 4.80. The Balaban J connectivity index is 1.66.